The highest BCUT2D eigenvalue weighted by molar-refractivity contribution is 5.43. The number of hydrogen-bond donors (Lipinski definition) is 1. The first-order valence-electron chi connectivity index (χ1n) is 6.05. The van der Waals surface area contributed by atoms with E-state index in [9.17, 15) is 5.11 Å². The van der Waals surface area contributed by atoms with Crippen molar-refractivity contribution in [1.29, 1.82) is 0 Å². The Morgan fingerprint density at radius 1 is 1.06 bits per heavy atom. The maximum Gasteiger partial charge on any atom is 0.161 e. The normalized spacial score (nSPS) is 14.1. The standard InChI is InChI=1S/C14H22O4/c1-10(16-2)5-7-12(15)11-6-8-13(17-3)14(9-11)18-4/h6,8-10,12,15H,5,7H2,1-4H3. The molecule has 0 aliphatic carbocycles. The second-order valence-electron chi connectivity index (χ2n) is 4.25. The van der Waals surface area contributed by atoms with Gasteiger partial charge in [0.25, 0.3) is 0 Å². The number of aliphatic hydroxyl groups excluding tert-OH is 1. The van der Waals surface area contributed by atoms with Crippen LogP contribution in [0.1, 0.15) is 31.4 Å². The molecule has 2 atom stereocenters. The Kier molecular flexibility index (Phi) is 5.95. The Bertz CT molecular complexity index is 365. The van der Waals surface area contributed by atoms with Crippen molar-refractivity contribution in [1.82, 2.24) is 0 Å². The lowest BCUT2D eigenvalue weighted by molar-refractivity contribution is 0.0850. The zero-order valence-corrected chi connectivity index (χ0v) is 11.5. The minimum atomic E-state index is -0.512. The van der Waals surface area contributed by atoms with Gasteiger partial charge in [-0.3, -0.25) is 0 Å². The predicted octanol–water partition coefficient (Wildman–Crippen LogP) is 2.55. The Balaban J connectivity index is 2.70. The van der Waals surface area contributed by atoms with Crippen molar-refractivity contribution >= 4 is 0 Å². The van der Waals surface area contributed by atoms with Crippen LogP contribution < -0.4 is 9.47 Å². The zero-order chi connectivity index (χ0) is 13.5. The van der Waals surface area contributed by atoms with Gasteiger partial charge in [0, 0.05) is 7.11 Å². The van der Waals surface area contributed by atoms with E-state index in [1.165, 1.54) is 0 Å². The monoisotopic (exact) mass is 254 g/mol. The molecule has 0 bridgehead atoms. The van der Waals surface area contributed by atoms with Crippen LogP contribution in [0.4, 0.5) is 0 Å². The summed E-state index contributed by atoms with van der Waals surface area (Å²) in [5.41, 5.74) is 0.830. The molecule has 0 fully saturated rings. The Morgan fingerprint density at radius 3 is 2.28 bits per heavy atom. The van der Waals surface area contributed by atoms with Crippen molar-refractivity contribution in [2.75, 3.05) is 21.3 Å². The number of benzene rings is 1. The van der Waals surface area contributed by atoms with E-state index in [-0.39, 0.29) is 6.10 Å². The summed E-state index contributed by atoms with van der Waals surface area (Å²) < 4.78 is 15.5. The van der Waals surface area contributed by atoms with Gasteiger partial charge in [-0.05, 0) is 37.5 Å². The molecule has 1 N–H and O–H groups in total. The lowest BCUT2D eigenvalue weighted by atomic mass is 10.0. The molecule has 18 heavy (non-hydrogen) atoms. The molecule has 1 aromatic carbocycles. The molecule has 2 unspecified atom stereocenters. The molecule has 0 saturated carbocycles. The van der Waals surface area contributed by atoms with E-state index >= 15 is 0 Å². The summed E-state index contributed by atoms with van der Waals surface area (Å²) in [5, 5.41) is 10.1. The number of methoxy groups -OCH3 is 3. The molecule has 0 heterocycles. The number of hydrogen-bond acceptors (Lipinski definition) is 4. The molecule has 0 spiro atoms. The molecule has 0 aromatic heterocycles. The van der Waals surface area contributed by atoms with Crippen LogP contribution in [0.2, 0.25) is 0 Å². The van der Waals surface area contributed by atoms with Crippen molar-refractivity contribution in [2.45, 2.75) is 32.0 Å². The van der Waals surface area contributed by atoms with Crippen molar-refractivity contribution in [3.8, 4) is 11.5 Å². The van der Waals surface area contributed by atoms with Crippen molar-refractivity contribution < 1.29 is 19.3 Å². The van der Waals surface area contributed by atoms with Gasteiger partial charge in [0.1, 0.15) is 0 Å². The Labute approximate surface area is 108 Å². The van der Waals surface area contributed by atoms with Gasteiger partial charge in [-0.15, -0.1) is 0 Å². The van der Waals surface area contributed by atoms with Crippen molar-refractivity contribution in [3.05, 3.63) is 23.8 Å². The highest BCUT2D eigenvalue weighted by Crippen LogP contribution is 2.31. The van der Waals surface area contributed by atoms with E-state index in [1.54, 1.807) is 33.5 Å². The van der Waals surface area contributed by atoms with Gasteiger partial charge in [-0.25, -0.2) is 0 Å². The van der Waals surface area contributed by atoms with Gasteiger partial charge in [0.15, 0.2) is 11.5 Å². The van der Waals surface area contributed by atoms with Crippen molar-refractivity contribution in [3.63, 3.8) is 0 Å². The summed E-state index contributed by atoms with van der Waals surface area (Å²) >= 11 is 0. The first kappa shape index (κ1) is 14.8. The second kappa shape index (κ2) is 7.24. The topological polar surface area (TPSA) is 47.9 Å². The Hall–Kier alpha value is -1.26. The highest BCUT2D eigenvalue weighted by Gasteiger charge is 2.13. The average molecular weight is 254 g/mol. The molecule has 0 aliphatic rings. The third-order valence-electron chi connectivity index (χ3n) is 3.04. The summed E-state index contributed by atoms with van der Waals surface area (Å²) in [7, 11) is 4.85. The summed E-state index contributed by atoms with van der Waals surface area (Å²) in [6.45, 7) is 1.99. The first-order valence-corrected chi connectivity index (χ1v) is 6.05. The van der Waals surface area contributed by atoms with Crippen LogP contribution in [0.15, 0.2) is 18.2 Å². The molecule has 4 nitrogen and oxygen atoms in total. The third-order valence-corrected chi connectivity index (χ3v) is 3.04. The summed E-state index contributed by atoms with van der Waals surface area (Å²) in [5.74, 6) is 1.30. The van der Waals surface area contributed by atoms with Crippen LogP contribution in [0, 0.1) is 0 Å². The van der Waals surface area contributed by atoms with Gasteiger partial charge in [-0.2, -0.15) is 0 Å². The van der Waals surface area contributed by atoms with E-state index in [2.05, 4.69) is 0 Å². The molecule has 4 heteroatoms. The van der Waals surface area contributed by atoms with Crippen LogP contribution in [0.25, 0.3) is 0 Å². The van der Waals surface area contributed by atoms with E-state index < -0.39 is 6.10 Å². The van der Waals surface area contributed by atoms with E-state index in [0.717, 1.165) is 12.0 Å². The fourth-order valence-electron chi connectivity index (χ4n) is 1.74. The van der Waals surface area contributed by atoms with Gasteiger partial charge in [0.2, 0.25) is 0 Å². The number of rotatable bonds is 7. The minimum absolute atomic E-state index is 0.153. The van der Waals surface area contributed by atoms with E-state index in [0.29, 0.717) is 17.9 Å². The number of ether oxygens (including phenoxy) is 3. The van der Waals surface area contributed by atoms with Crippen LogP contribution in [0.3, 0.4) is 0 Å². The molecule has 102 valence electrons. The third kappa shape index (κ3) is 3.89. The molecule has 0 amide bonds. The molecule has 1 rings (SSSR count). The molecule has 0 radical (unpaired) electrons. The van der Waals surface area contributed by atoms with Crippen LogP contribution in [-0.2, 0) is 4.74 Å². The van der Waals surface area contributed by atoms with Crippen molar-refractivity contribution in [2.24, 2.45) is 0 Å². The Morgan fingerprint density at radius 2 is 1.72 bits per heavy atom. The predicted molar refractivity (Wildman–Crippen MR) is 70.2 cm³/mol. The van der Waals surface area contributed by atoms with Gasteiger partial charge in [-0.1, -0.05) is 6.07 Å². The molecule has 1 aromatic rings. The van der Waals surface area contributed by atoms with Gasteiger partial charge < -0.3 is 19.3 Å². The molecular weight excluding hydrogens is 232 g/mol. The second-order valence-corrected chi connectivity index (χ2v) is 4.25. The van der Waals surface area contributed by atoms with Crippen LogP contribution in [0.5, 0.6) is 11.5 Å². The SMILES string of the molecule is COc1ccc(C(O)CCC(C)OC)cc1OC. The fraction of sp³-hybridized carbons (Fsp3) is 0.571. The molecule has 0 aliphatic heterocycles. The molecule has 0 saturated heterocycles. The fourth-order valence-corrected chi connectivity index (χ4v) is 1.74. The minimum Gasteiger partial charge on any atom is -0.493 e. The van der Waals surface area contributed by atoms with Crippen LogP contribution in [-0.4, -0.2) is 32.5 Å². The quantitative estimate of drug-likeness (QED) is 0.812. The zero-order valence-electron chi connectivity index (χ0n) is 11.5. The van der Waals surface area contributed by atoms with E-state index in [4.69, 9.17) is 14.2 Å². The summed E-state index contributed by atoms with van der Waals surface area (Å²) in [4.78, 5) is 0. The summed E-state index contributed by atoms with van der Waals surface area (Å²) in [6, 6.07) is 5.46. The largest absolute Gasteiger partial charge is 0.493 e. The lowest BCUT2D eigenvalue weighted by Crippen LogP contribution is -2.08. The van der Waals surface area contributed by atoms with Gasteiger partial charge >= 0.3 is 0 Å². The molecular formula is C14H22O4. The highest BCUT2D eigenvalue weighted by atomic mass is 16.5. The maximum atomic E-state index is 10.1. The van der Waals surface area contributed by atoms with Crippen LogP contribution >= 0.6 is 0 Å². The number of aliphatic hydroxyl groups is 1. The smallest absolute Gasteiger partial charge is 0.161 e. The summed E-state index contributed by atoms with van der Waals surface area (Å²) in [6.07, 6.45) is 1.11. The maximum absolute atomic E-state index is 10.1. The lowest BCUT2D eigenvalue weighted by Gasteiger charge is -2.16. The average Bonchev–Trinajstić information content (AvgIpc) is 2.43. The van der Waals surface area contributed by atoms with E-state index in [1.807, 2.05) is 13.0 Å². The first-order chi connectivity index (χ1) is 8.62. The van der Waals surface area contributed by atoms with Gasteiger partial charge in [0.05, 0.1) is 26.4 Å².